The maximum Gasteiger partial charge on any atom is 0.126 e. The van der Waals surface area contributed by atoms with Gasteiger partial charge in [-0.05, 0) is 56.7 Å². The van der Waals surface area contributed by atoms with Crippen molar-refractivity contribution < 1.29 is 9.84 Å². The lowest BCUT2D eigenvalue weighted by Crippen LogP contribution is -2.32. The molecule has 0 bridgehead atoms. The number of ether oxygens (including phenoxy) is 1. The van der Waals surface area contributed by atoms with Gasteiger partial charge >= 0.3 is 0 Å². The van der Waals surface area contributed by atoms with Crippen molar-refractivity contribution >= 4 is 11.6 Å². The van der Waals surface area contributed by atoms with E-state index in [0.717, 1.165) is 33.9 Å². The number of aliphatic hydroxyl groups excluding tert-OH is 1. The highest BCUT2D eigenvalue weighted by Crippen LogP contribution is 2.39. The molecule has 1 rings (SSSR count). The molecule has 0 aliphatic heterocycles. The van der Waals surface area contributed by atoms with Gasteiger partial charge in [-0.15, -0.1) is 0 Å². The normalized spacial score (nSPS) is 15.6. The molecule has 3 nitrogen and oxygen atoms in total. The molecule has 0 aliphatic rings. The third kappa shape index (κ3) is 4.60. The van der Waals surface area contributed by atoms with Crippen LogP contribution >= 0.6 is 11.6 Å². The highest BCUT2D eigenvalue weighted by molar-refractivity contribution is 6.31. The summed E-state index contributed by atoms with van der Waals surface area (Å²) in [4.78, 5) is 0. The zero-order valence-electron chi connectivity index (χ0n) is 13.7. The average molecular weight is 314 g/mol. The summed E-state index contributed by atoms with van der Waals surface area (Å²) in [5, 5.41) is 10.8. The van der Waals surface area contributed by atoms with Crippen LogP contribution in [0.15, 0.2) is 6.07 Å². The summed E-state index contributed by atoms with van der Waals surface area (Å²) in [7, 11) is 0. The van der Waals surface area contributed by atoms with Gasteiger partial charge in [-0.3, -0.25) is 0 Å². The second-order valence-electron chi connectivity index (χ2n) is 5.95. The minimum atomic E-state index is -0.530. The Balaban J connectivity index is 3.18. The quantitative estimate of drug-likeness (QED) is 0.801. The lowest BCUT2D eigenvalue weighted by molar-refractivity contribution is 0.134. The summed E-state index contributed by atoms with van der Waals surface area (Å²) in [6, 6.07) is 1.70. The molecule has 21 heavy (non-hydrogen) atoms. The van der Waals surface area contributed by atoms with Crippen LogP contribution in [0.4, 0.5) is 0 Å². The molecule has 0 fully saturated rings. The molecular formula is C17H28ClNO2. The standard InChI is InChI=1S/C17H28ClNO2/c1-6-7-21-17-11(3)8-14(18)12(4)16(17)10(2)9-15(20)13(5)19/h8,10,13,15,20H,6-7,9,19H2,1-5H3. The monoisotopic (exact) mass is 313 g/mol. The first-order valence-corrected chi connectivity index (χ1v) is 8.03. The molecule has 120 valence electrons. The summed E-state index contributed by atoms with van der Waals surface area (Å²) in [6.45, 7) is 10.7. The van der Waals surface area contributed by atoms with E-state index in [1.54, 1.807) is 0 Å². The Morgan fingerprint density at radius 1 is 1.33 bits per heavy atom. The summed E-state index contributed by atoms with van der Waals surface area (Å²) < 4.78 is 5.94. The highest BCUT2D eigenvalue weighted by atomic mass is 35.5. The first kappa shape index (κ1) is 18.3. The van der Waals surface area contributed by atoms with Gasteiger partial charge in [0.25, 0.3) is 0 Å². The molecule has 1 aromatic carbocycles. The Labute approximate surface area is 133 Å². The van der Waals surface area contributed by atoms with Crippen LogP contribution in [-0.2, 0) is 0 Å². The molecule has 0 aliphatic carbocycles. The van der Waals surface area contributed by atoms with Gasteiger partial charge in [0, 0.05) is 16.6 Å². The number of benzene rings is 1. The third-order valence-electron chi connectivity index (χ3n) is 3.85. The number of halogens is 1. The summed E-state index contributed by atoms with van der Waals surface area (Å²) in [6.07, 6.45) is 1.02. The average Bonchev–Trinajstić information content (AvgIpc) is 2.40. The van der Waals surface area contributed by atoms with Crippen molar-refractivity contribution in [1.29, 1.82) is 0 Å². The van der Waals surface area contributed by atoms with Gasteiger partial charge in [-0.2, -0.15) is 0 Å². The predicted octanol–water partition coefficient (Wildman–Crippen LogP) is 3.95. The van der Waals surface area contributed by atoms with E-state index in [2.05, 4.69) is 13.8 Å². The van der Waals surface area contributed by atoms with E-state index in [-0.39, 0.29) is 12.0 Å². The molecule has 3 N–H and O–H groups in total. The molecule has 0 saturated heterocycles. The van der Waals surface area contributed by atoms with Crippen molar-refractivity contribution in [1.82, 2.24) is 0 Å². The molecule has 0 amide bonds. The Bertz CT molecular complexity index is 474. The van der Waals surface area contributed by atoms with Crippen LogP contribution in [0.2, 0.25) is 5.02 Å². The van der Waals surface area contributed by atoms with E-state index >= 15 is 0 Å². The second kappa shape index (κ2) is 8.02. The van der Waals surface area contributed by atoms with Crippen LogP contribution in [0.1, 0.15) is 56.2 Å². The summed E-state index contributed by atoms with van der Waals surface area (Å²) >= 11 is 6.33. The zero-order valence-corrected chi connectivity index (χ0v) is 14.5. The first-order valence-electron chi connectivity index (χ1n) is 7.65. The van der Waals surface area contributed by atoms with Gasteiger partial charge in [-0.1, -0.05) is 25.4 Å². The van der Waals surface area contributed by atoms with Gasteiger partial charge in [0.2, 0.25) is 0 Å². The predicted molar refractivity (Wildman–Crippen MR) is 89.4 cm³/mol. The topological polar surface area (TPSA) is 55.5 Å². The van der Waals surface area contributed by atoms with E-state index in [1.165, 1.54) is 0 Å². The molecule has 0 heterocycles. The minimum absolute atomic E-state index is 0.134. The number of hydrogen-bond acceptors (Lipinski definition) is 3. The fourth-order valence-corrected chi connectivity index (χ4v) is 2.82. The zero-order chi connectivity index (χ0) is 16.2. The van der Waals surface area contributed by atoms with Gasteiger partial charge in [-0.25, -0.2) is 0 Å². The van der Waals surface area contributed by atoms with Crippen molar-refractivity contribution in [2.24, 2.45) is 5.73 Å². The van der Waals surface area contributed by atoms with E-state index in [1.807, 2.05) is 26.8 Å². The Morgan fingerprint density at radius 3 is 2.48 bits per heavy atom. The maximum absolute atomic E-state index is 10.1. The van der Waals surface area contributed by atoms with Crippen molar-refractivity contribution in [3.8, 4) is 5.75 Å². The Morgan fingerprint density at radius 2 is 1.95 bits per heavy atom. The van der Waals surface area contributed by atoms with Crippen LogP contribution < -0.4 is 10.5 Å². The van der Waals surface area contributed by atoms with Crippen molar-refractivity contribution in [2.75, 3.05) is 6.61 Å². The molecule has 3 unspecified atom stereocenters. The minimum Gasteiger partial charge on any atom is -0.493 e. The van der Waals surface area contributed by atoms with E-state index < -0.39 is 6.10 Å². The van der Waals surface area contributed by atoms with Gasteiger partial charge in [0.1, 0.15) is 5.75 Å². The molecule has 4 heteroatoms. The highest BCUT2D eigenvalue weighted by Gasteiger charge is 2.22. The number of nitrogens with two attached hydrogens (primary N) is 1. The van der Waals surface area contributed by atoms with Crippen molar-refractivity contribution in [2.45, 2.75) is 65.5 Å². The fraction of sp³-hybridized carbons (Fsp3) is 0.647. The van der Waals surface area contributed by atoms with Gasteiger partial charge < -0.3 is 15.6 Å². The largest absolute Gasteiger partial charge is 0.493 e. The molecule has 0 spiro atoms. The van der Waals surface area contributed by atoms with Crippen LogP contribution in [0.5, 0.6) is 5.75 Å². The summed E-state index contributed by atoms with van der Waals surface area (Å²) in [5.74, 6) is 1.04. The molecule has 3 atom stereocenters. The molecule has 1 aromatic rings. The van der Waals surface area contributed by atoms with Crippen LogP contribution in [0.3, 0.4) is 0 Å². The Kier molecular flexibility index (Phi) is 6.98. The third-order valence-corrected chi connectivity index (χ3v) is 4.25. The smallest absolute Gasteiger partial charge is 0.126 e. The van der Waals surface area contributed by atoms with Crippen molar-refractivity contribution in [3.05, 3.63) is 27.8 Å². The van der Waals surface area contributed by atoms with E-state index in [0.29, 0.717) is 13.0 Å². The Hall–Kier alpha value is -0.770. The first-order chi connectivity index (χ1) is 9.79. The molecule has 0 saturated carbocycles. The van der Waals surface area contributed by atoms with Crippen LogP contribution in [-0.4, -0.2) is 23.9 Å². The maximum atomic E-state index is 10.1. The van der Waals surface area contributed by atoms with Crippen LogP contribution in [0.25, 0.3) is 0 Å². The SMILES string of the molecule is CCCOc1c(C)cc(Cl)c(C)c1C(C)CC(O)C(C)N. The van der Waals surface area contributed by atoms with E-state index in [9.17, 15) is 5.11 Å². The van der Waals surface area contributed by atoms with Crippen LogP contribution in [0, 0.1) is 13.8 Å². The second-order valence-corrected chi connectivity index (χ2v) is 6.36. The van der Waals surface area contributed by atoms with Gasteiger partial charge in [0.15, 0.2) is 0 Å². The fourth-order valence-electron chi connectivity index (χ4n) is 2.56. The summed E-state index contributed by atoms with van der Waals surface area (Å²) in [5.41, 5.74) is 8.93. The molecule has 0 aromatic heterocycles. The number of aliphatic hydroxyl groups is 1. The lowest BCUT2D eigenvalue weighted by Gasteiger charge is -2.25. The molecular weight excluding hydrogens is 286 g/mol. The number of rotatable bonds is 7. The number of aryl methyl sites for hydroxylation is 1. The lowest BCUT2D eigenvalue weighted by atomic mass is 9.88. The van der Waals surface area contributed by atoms with Crippen molar-refractivity contribution in [3.63, 3.8) is 0 Å². The molecule has 0 radical (unpaired) electrons. The van der Waals surface area contributed by atoms with E-state index in [4.69, 9.17) is 22.1 Å². The number of hydrogen-bond donors (Lipinski definition) is 2. The van der Waals surface area contributed by atoms with Gasteiger partial charge in [0.05, 0.1) is 12.7 Å².